The first-order valence-corrected chi connectivity index (χ1v) is 7.52. The third kappa shape index (κ3) is 4.56. The predicted octanol–water partition coefficient (Wildman–Crippen LogP) is 1.89. The SMILES string of the molecule is CC(CCCN)C(=O)Nc1ccccc1C(=O)NC1CC1. The Bertz CT molecular complexity index is 512. The van der Waals surface area contributed by atoms with Crippen LogP contribution in [-0.2, 0) is 4.79 Å². The van der Waals surface area contributed by atoms with E-state index < -0.39 is 0 Å². The molecule has 0 aromatic heterocycles. The fourth-order valence-electron chi connectivity index (χ4n) is 2.09. The lowest BCUT2D eigenvalue weighted by atomic mass is 10.0. The first-order chi connectivity index (χ1) is 10.1. The Labute approximate surface area is 125 Å². The summed E-state index contributed by atoms with van der Waals surface area (Å²) in [4.78, 5) is 24.3. The van der Waals surface area contributed by atoms with Crippen molar-refractivity contribution in [3.63, 3.8) is 0 Å². The van der Waals surface area contributed by atoms with Gasteiger partial charge >= 0.3 is 0 Å². The van der Waals surface area contributed by atoms with Crippen LogP contribution in [0.25, 0.3) is 0 Å². The van der Waals surface area contributed by atoms with E-state index in [2.05, 4.69) is 10.6 Å². The predicted molar refractivity (Wildman–Crippen MR) is 83.0 cm³/mol. The fraction of sp³-hybridized carbons (Fsp3) is 0.500. The zero-order valence-electron chi connectivity index (χ0n) is 12.4. The number of carbonyl (C=O) groups is 2. The summed E-state index contributed by atoms with van der Waals surface area (Å²) in [6, 6.07) is 7.40. The molecule has 2 rings (SSSR count). The van der Waals surface area contributed by atoms with Gasteiger partial charge in [0.2, 0.25) is 5.91 Å². The second kappa shape index (κ2) is 7.22. The summed E-state index contributed by atoms with van der Waals surface area (Å²) < 4.78 is 0. The van der Waals surface area contributed by atoms with Crippen molar-refractivity contribution in [1.29, 1.82) is 0 Å². The number of nitrogens with one attached hydrogen (secondary N) is 2. The molecule has 21 heavy (non-hydrogen) atoms. The van der Waals surface area contributed by atoms with E-state index in [0.29, 0.717) is 23.8 Å². The number of benzene rings is 1. The molecule has 1 saturated carbocycles. The topological polar surface area (TPSA) is 84.2 Å². The van der Waals surface area contributed by atoms with Crippen LogP contribution in [0.1, 0.15) is 43.0 Å². The van der Waals surface area contributed by atoms with Crippen molar-refractivity contribution in [2.75, 3.05) is 11.9 Å². The van der Waals surface area contributed by atoms with E-state index >= 15 is 0 Å². The van der Waals surface area contributed by atoms with E-state index in [9.17, 15) is 9.59 Å². The summed E-state index contributed by atoms with van der Waals surface area (Å²) in [6.45, 7) is 2.45. The third-order valence-corrected chi connectivity index (χ3v) is 3.63. The number of para-hydroxylation sites is 1. The molecule has 5 nitrogen and oxygen atoms in total. The minimum absolute atomic E-state index is 0.0740. The van der Waals surface area contributed by atoms with Crippen LogP contribution in [0, 0.1) is 5.92 Å². The average Bonchev–Trinajstić information content (AvgIpc) is 3.29. The Morgan fingerprint density at radius 1 is 1.33 bits per heavy atom. The average molecular weight is 289 g/mol. The van der Waals surface area contributed by atoms with Gasteiger partial charge in [0, 0.05) is 12.0 Å². The van der Waals surface area contributed by atoms with Crippen LogP contribution >= 0.6 is 0 Å². The van der Waals surface area contributed by atoms with E-state index in [4.69, 9.17) is 5.73 Å². The molecule has 5 heteroatoms. The number of amides is 2. The number of carbonyl (C=O) groups excluding carboxylic acids is 2. The van der Waals surface area contributed by atoms with Crippen molar-refractivity contribution in [3.05, 3.63) is 29.8 Å². The molecule has 0 saturated heterocycles. The number of nitrogens with two attached hydrogens (primary N) is 1. The maximum absolute atomic E-state index is 12.2. The summed E-state index contributed by atoms with van der Waals surface area (Å²) in [6.07, 6.45) is 3.64. The Kier molecular flexibility index (Phi) is 5.33. The van der Waals surface area contributed by atoms with Gasteiger partial charge in [-0.25, -0.2) is 0 Å². The molecular weight excluding hydrogens is 266 g/mol. The monoisotopic (exact) mass is 289 g/mol. The van der Waals surface area contributed by atoms with Crippen molar-refractivity contribution in [1.82, 2.24) is 5.32 Å². The fourth-order valence-corrected chi connectivity index (χ4v) is 2.09. The lowest BCUT2D eigenvalue weighted by Gasteiger charge is -2.14. The van der Waals surface area contributed by atoms with Gasteiger partial charge in [-0.2, -0.15) is 0 Å². The number of rotatable bonds is 7. The van der Waals surface area contributed by atoms with Gasteiger partial charge < -0.3 is 16.4 Å². The van der Waals surface area contributed by atoms with Crippen molar-refractivity contribution < 1.29 is 9.59 Å². The molecule has 1 fully saturated rings. The van der Waals surface area contributed by atoms with Gasteiger partial charge in [-0.3, -0.25) is 9.59 Å². The third-order valence-electron chi connectivity index (χ3n) is 3.63. The quantitative estimate of drug-likeness (QED) is 0.716. The Morgan fingerprint density at radius 3 is 2.71 bits per heavy atom. The summed E-state index contributed by atoms with van der Waals surface area (Å²) >= 11 is 0. The molecule has 1 aromatic carbocycles. The minimum atomic E-state index is -0.122. The van der Waals surface area contributed by atoms with Gasteiger partial charge in [0.05, 0.1) is 11.3 Å². The molecule has 1 aromatic rings. The lowest BCUT2D eigenvalue weighted by Crippen LogP contribution is -2.28. The van der Waals surface area contributed by atoms with Crippen molar-refractivity contribution >= 4 is 17.5 Å². The van der Waals surface area contributed by atoms with Gasteiger partial charge in [-0.15, -0.1) is 0 Å². The minimum Gasteiger partial charge on any atom is -0.349 e. The molecule has 1 unspecified atom stereocenters. The molecule has 1 aliphatic rings. The van der Waals surface area contributed by atoms with E-state index in [1.165, 1.54) is 0 Å². The summed E-state index contributed by atoms with van der Waals surface area (Å²) in [7, 11) is 0. The molecule has 0 spiro atoms. The molecule has 1 atom stereocenters. The second-order valence-corrected chi connectivity index (χ2v) is 5.61. The maximum atomic E-state index is 12.2. The van der Waals surface area contributed by atoms with Crippen LogP contribution in [0.3, 0.4) is 0 Å². The van der Waals surface area contributed by atoms with Crippen LogP contribution in [0.2, 0.25) is 0 Å². The highest BCUT2D eigenvalue weighted by Crippen LogP contribution is 2.22. The first-order valence-electron chi connectivity index (χ1n) is 7.52. The van der Waals surface area contributed by atoms with E-state index in [0.717, 1.165) is 25.7 Å². The van der Waals surface area contributed by atoms with E-state index in [1.807, 2.05) is 13.0 Å². The van der Waals surface area contributed by atoms with Crippen LogP contribution < -0.4 is 16.4 Å². The van der Waals surface area contributed by atoms with Crippen LogP contribution in [0.5, 0.6) is 0 Å². The zero-order chi connectivity index (χ0) is 15.2. The molecule has 1 aliphatic carbocycles. The van der Waals surface area contributed by atoms with Crippen molar-refractivity contribution in [2.45, 2.75) is 38.6 Å². The number of hydrogen-bond donors (Lipinski definition) is 3. The van der Waals surface area contributed by atoms with Gasteiger partial charge in [0.25, 0.3) is 5.91 Å². The highest BCUT2D eigenvalue weighted by molar-refractivity contribution is 6.04. The summed E-state index contributed by atoms with van der Waals surface area (Å²) in [5, 5.41) is 5.79. The number of anilines is 1. The Hall–Kier alpha value is -1.88. The van der Waals surface area contributed by atoms with Crippen molar-refractivity contribution in [2.24, 2.45) is 11.7 Å². The van der Waals surface area contributed by atoms with Crippen molar-refractivity contribution in [3.8, 4) is 0 Å². The molecular formula is C16H23N3O2. The number of hydrogen-bond acceptors (Lipinski definition) is 3. The zero-order valence-corrected chi connectivity index (χ0v) is 12.4. The highest BCUT2D eigenvalue weighted by atomic mass is 16.2. The highest BCUT2D eigenvalue weighted by Gasteiger charge is 2.25. The second-order valence-electron chi connectivity index (χ2n) is 5.61. The molecule has 114 valence electrons. The molecule has 0 heterocycles. The normalized spacial score (nSPS) is 15.3. The Morgan fingerprint density at radius 2 is 2.05 bits per heavy atom. The standard InChI is InChI=1S/C16H23N3O2/c1-11(5-4-10-17)15(20)19-14-7-3-2-6-13(14)16(21)18-12-8-9-12/h2-3,6-7,11-12H,4-5,8-10,17H2,1H3,(H,18,21)(H,19,20). The maximum Gasteiger partial charge on any atom is 0.253 e. The van der Waals surface area contributed by atoms with Crippen LogP contribution in [0.4, 0.5) is 5.69 Å². The Balaban J connectivity index is 2.01. The van der Waals surface area contributed by atoms with Crippen LogP contribution in [0.15, 0.2) is 24.3 Å². The van der Waals surface area contributed by atoms with Gasteiger partial charge in [-0.05, 0) is 44.4 Å². The smallest absolute Gasteiger partial charge is 0.253 e. The molecule has 0 bridgehead atoms. The summed E-state index contributed by atoms with van der Waals surface area (Å²) in [5.74, 6) is -0.314. The van der Waals surface area contributed by atoms with Gasteiger partial charge in [-0.1, -0.05) is 19.1 Å². The van der Waals surface area contributed by atoms with E-state index in [1.54, 1.807) is 18.2 Å². The first kappa shape index (κ1) is 15.5. The van der Waals surface area contributed by atoms with Crippen LogP contribution in [-0.4, -0.2) is 24.4 Å². The lowest BCUT2D eigenvalue weighted by molar-refractivity contribution is -0.119. The molecule has 0 aliphatic heterocycles. The van der Waals surface area contributed by atoms with Gasteiger partial charge in [0.15, 0.2) is 0 Å². The molecule has 2 amide bonds. The van der Waals surface area contributed by atoms with E-state index in [-0.39, 0.29) is 17.7 Å². The molecule has 0 radical (unpaired) electrons. The van der Waals surface area contributed by atoms with Gasteiger partial charge in [0.1, 0.15) is 0 Å². The summed E-state index contributed by atoms with van der Waals surface area (Å²) in [5.41, 5.74) is 6.55. The molecule has 4 N–H and O–H groups in total. The largest absolute Gasteiger partial charge is 0.349 e.